The SMILES string of the molecule is Cc1ccc(Oc2ccc(C)cc2C(F)(F)C(F)F)c(C(F)(F)C(F)F)c1. The predicted octanol–water partition coefficient (Wildman–Crippen LogP) is 6.81. The summed E-state index contributed by atoms with van der Waals surface area (Å²) < 4.78 is 111. The lowest BCUT2D eigenvalue weighted by molar-refractivity contribution is -0.137. The third-order valence-corrected chi connectivity index (χ3v) is 3.76. The molecule has 0 aliphatic rings. The average molecular weight is 398 g/mol. The van der Waals surface area contributed by atoms with Gasteiger partial charge in [-0.15, -0.1) is 0 Å². The number of hydrogen-bond donors (Lipinski definition) is 0. The molecule has 9 heteroatoms. The number of hydrogen-bond acceptors (Lipinski definition) is 1. The van der Waals surface area contributed by atoms with Gasteiger partial charge in [0.25, 0.3) is 0 Å². The van der Waals surface area contributed by atoms with E-state index in [0.717, 1.165) is 24.3 Å². The van der Waals surface area contributed by atoms with Crippen LogP contribution in [0.15, 0.2) is 36.4 Å². The second-order valence-corrected chi connectivity index (χ2v) is 5.95. The van der Waals surface area contributed by atoms with E-state index >= 15 is 0 Å². The molecule has 27 heavy (non-hydrogen) atoms. The third kappa shape index (κ3) is 4.17. The van der Waals surface area contributed by atoms with Crippen molar-refractivity contribution >= 4 is 0 Å². The fourth-order valence-corrected chi connectivity index (χ4v) is 2.34. The zero-order valence-corrected chi connectivity index (χ0v) is 14.1. The van der Waals surface area contributed by atoms with Gasteiger partial charge in [-0.05, 0) is 38.1 Å². The highest BCUT2D eigenvalue weighted by Crippen LogP contribution is 2.45. The van der Waals surface area contributed by atoms with Gasteiger partial charge in [-0.2, -0.15) is 17.6 Å². The van der Waals surface area contributed by atoms with Crippen LogP contribution in [0.2, 0.25) is 0 Å². The van der Waals surface area contributed by atoms with Crippen LogP contribution < -0.4 is 4.74 Å². The minimum absolute atomic E-state index is 0.194. The number of aryl methyl sites for hydroxylation is 2. The fourth-order valence-electron chi connectivity index (χ4n) is 2.34. The molecule has 0 atom stereocenters. The van der Waals surface area contributed by atoms with E-state index in [1.54, 1.807) is 0 Å². The summed E-state index contributed by atoms with van der Waals surface area (Å²) in [7, 11) is 0. The van der Waals surface area contributed by atoms with Crippen LogP contribution in [-0.4, -0.2) is 12.9 Å². The predicted molar refractivity (Wildman–Crippen MR) is 82.2 cm³/mol. The van der Waals surface area contributed by atoms with Gasteiger partial charge in [0.2, 0.25) is 0 Å². The first-order valence-corrected chi connectivity index (χ1v) is 7.59. The molecule has 0 fully saturated rings. The van der Waals surface area contributed by atoms with Crippen molar-refractivity contribution in [1.82, 2.24) is 0 Å². The van der Waals surface area contributed by atoms with Gasteiger partial charge in [-0.1, -0.05) is 23.3 Å². The number of ether oxygens (including phenoxy) is 1. The monoisotopic (exact) mass is 398 g/mol. The molecule has 0 saturated heterocycles. The number of rotatable bonds is 6. The van der Waals surface area contributed by atoms with Crippen molar-refractivity contribution in [2.24, 2.45) is 0 Å². The van der Waals surface area contributed by atoms with Gasteiger partial charge >= 0.3 is 24.7 Å². The summed E-state index contributed by atoms with van der Waals surface area (Å²) in [5.74, 6) is -10.9. The van der Waals surface area contributed by atoms with Gasteiger partial charge in [0.15, 0.2) is 0 Å². The van der Waals surface area contributed by atoms with Crippen LogP contribution in [0.3, 0.4) is 0 Å². The lowest BCUT2D eigenvalue weighted by atomic mass is 10.0. The maximum atomic E-state index is 13.9. The normalized spacial score (nSPS) is 12.7. The van der Waals surface area contributed by atoms with Gasteiger partial charge < -0.3 is 4.74 Å². The Morgan fingerprint density at radius 3 is 1.30 bits per heavy atom. The molecule has 0 aliphatic carbocycles. The second kappa shape index (κ2) is 7.36. The van der Waals surface area contributed by atoms with Crippen molar-refractivity contribution in [1.29, 1.82) is 0 Å². The first-order valence-electron chi connectivity index (χ1n) is 7.59. The van der Waals surface area contributed by atoms with Gasteiger partial charge in [0.05, 0.1) is 11.1 Å². The van der Waals surface area contributed by atoms with Crippen molar-refractivity contribution in [3.05, 3.63) is 58.7 Å². The molecule has 2 aromatic carbocycles. The van der Waals surface area contributed by atoms with Crippen LogP contribution in [0.1, 0.15) is 22.3 Å². The molecule has 0 radical (unpaired) electrons. The Morgan fingerprint density at radius 1 is 0.667 bits per heavy atom. The molecule has 0 saturated carbocycles. The molecule has 0 aromatic heterocycles. The molecule has 1 nitrogen and oxygen atoms in total. The van der Waals surface area contributed by atoms with Gasteiger partial charge in [-0.3, -0.25) is 0 Å². The van der Waals surface area contributed by atoms with E-state index in [4.69, 9.17) is 4.74 Å². The molecule has 0 heterocycles. The van der Waals surface area contributed by atoms with E-state index in [1.165, 1.54) is 26.0 Å². The molecule has 2 rings (SSSR count). The summed E-state index contributed by atoms with van der Waals surface area (Å²) in [6.07, 6.45) is -8.16. The molecule has 0 spiro atoms. The molecule has 0 amide bonds. The zero-order chi connectivity index (χ0) is 20.6. The van der Waals surface area contributed by atoms with Gasteiger partial charge in [-0.25, -0.2) is 17.6 Å². The summed E-state index contributed by atoms with van der Waals surface area (Å²) in [6.45, 7) is 2.72. The molecule has 0 N–H and O–H groups in total. The largest absolute Gasteiger partial charge is 0.456 e. The molecular weight excluding hydrogens is 384 g/mol. The summed E-state index contributed by atoms with van der Waals surface area (Å²) in [5.41, 5.74) is -2.08. The Labute approximate surface area is 149 Å². The van der Waals surface area contributed by atoms with Crippen molar-refractivity contribution in [3.8, 4) is 11.5 Å². The third-order valence-electron chi connectivity index (χ3n) is 3.76. The van der Waals surface area contributed by atoms with Crippen LogP contribution in [0.4, 0.5) is 35.1 Å². The van der Waals surface area contributed by atoms with E-state index in [1.807, 2.05) is 0 Å². The summed E-state index contributed by atoms with van der Waals surface area (Å²) in [6, 6.07) is 5.70. The van der Waals surface area contributed by atoms with E-state index in [-0.39, 0.29) is 11.1 Å². The van der Waals surface area contributed by atoms with Gasteiger partial charge in [0.1, 0.15) is 11.5 Å². The van der Waals surface area contributed by atoms with Crippen molar-refractivity contribution in [2.45, 2.75) is 38.5 Å². The summed E-state index contributed by atoms with van der Waals surface area (Å²) >= 11 is 0. The molecule has 0 unspecified atom stereocenters. The van der Waals surface area contributed by atoms with E-state index < -0.39 is 47.3 Å². The van der Waals surface area contributed by atoms with Gasteiger partial charge in [0, 0.05) is 0 Å². The first-order chi connectivity index (χ1) is 12.4. The molecular formula is C18H14F8O. The Balaban J connectivity index is 2.60. The quantitative estimate of drug-likeness (QED) is 0.486. The van der Waals surface area contributed by atoms with E-state index in [0.29, 0.717) is 0 Å². The Hall–Kier alpha value is -2.32. The standard InChI is InChI=1S/C18H14F8O/c1-9-3-5-13(11(7-9)17(23,24)15(19)20)27-14-6-4-10(2)8-12(14)18(25,26)16(21)22/h3-8,15-16H,1-2H3. The molecule has 2 aromatic rings. The Bertz CT molecular complexity index is 750. The molecule has 0 aliphatic heterocycles. The average Bonchev–Trinajstić information content (AvgIpc) is 2.57. The van der Waals surface area contributed by atoms with Crippen LogP contribution >= 0.6 is 0 Å². The van der Waals surface area contributed by atoms with Crippen molar-refractivity contribution in [3.63, 3.8) is 0 Å². The number of halogens is 8. The highest BCUT2D eigenvalue weighted by molar-refractivity contribution is 5.47. The summed E-state index contributed by atoms with van der Waals surface area (Å²) in [4.78, 5) is 0. The molecule has 148 valence electrons. The molecule has 0 bridgehead atoms. The van der Waals surface area contributed by atoms with E-state index in [2.05, 4.69) is 0 Å². The minimum Gasteiger partial charge on any atom is -0.456 e. The van der Waals surface area contributed by atoms with E-state index in [9.17, 15) is 35.1 Å². The maximum absolute atomic E-state index is 13.9. The fraction of sp³-hybridized carbons (Fsp3) is 0.333. The lowest BCUT2D eigenvalue weighted by Gasteiger charge is -2.23. The smallest absolute Gasteiger partial charge is 0.336 e. The highest BCUT2D eigenvalue weighted by atomic mass is 19.3. The summed E-state index contributed by atoms with van der Waals surface area (Å²) in [5, 5.41) is 0. The minimum atomic E-state index is -4.63. The van der Waals surface area contributed by atoms with Crippen LogP contribution in [0.25, 0.3) is 0 Å². The van der Waals surface area contributed by atoms with Crippen LogP contribution in [-0.2, 0) is 11.8 Å². The number of alkyl halides is 8. The van der Waals surface area contributed by atoms with Crippen LogP contribution in [0, 0.1) is 13.8 Å². The number of benzene rings is 2. The maximum Gasteiger partial charge on any atom is 0.336 e. The zero-order valence-electron chi connectivity index (χ0n) is 14.1. The topological polar surface area (TPSA) is 9.23 Å². The Morgan fingerprint density at radius 2 is 1.00 bits per heavy atom. The Kier molecular flexibility index (Phi) is 5.72. The van der Waals surface area contributed by atoms with Crippen molar-refractivity contribution < 1.29 is 39.9 Å². The van der Waals surface area contributed by atoms with Crippen molar-refractivity contribution in [2.75, 3.05) is 0 Å². The lowest BCUT2D eigenvalue weighted by Crippen LogP contribution is -2.25. The highest BCUT2D eigenvalue weighted by Gasteiger charge is 2.47. The first kappa shape index (κ1) is 21.0. The van der Waals surface area contributed by atoms with Crippen LogP contribution in [0.5, 0.6) is 11.5 Å². The second-order valence-electron chi connectivity index (χ2n) is 5.95.